The molecule has 0 aromatic carbocycles. The minimum atomic E-state index is 0. The smallest absolute Gasteiger partial charge is 0 e. The molecule has 0 unspecified atom stereocenters. The van der Waals surface area contributed by atoms with E-state index in [2.05, 4.69) is 0 Å². The van der Waals surface area contributed by atoms with Crippen molar-refractivity contribution in [1.82, 2.24) is 0 Å². The zero-order valence-electron chi connectivity index (χ0n) is 1.60. The van der Waals surface area contributed by atoms with Gasteiger partial charge in [0.25, 0.3) is 0 Å². The van der Waals surface area contributed by atoms with Crippen LogP contribution in [-0.4, -0.2) is 0 Å². The van der Waals surface area contributed by atoms with Crippen molar-refractivity contribution < 1.29 is 0 Å². The molecule has 0 nitrogen and oxygen atoms in total. The third-order valence-corrected chi connectivity index (χ3v) is 0. The summed E-state index contributed by atoms with van der Waals surface area (Å²) in [7, 11) is 0. The number of hydrogen-bond donors (Lipinski definition) is 0. The van der Waals surface area contributed by atoms with E-state index in [0.29, 0.717) is 0 Å². The van der Waals surface area contributed by atoms with Crippen molar-refractivity contribution >= 4 is 0 Å². The van der Waals surface area contributed by atoms with E-state index in [9.17, 15) is 0 Å². The van der Waals surface area contributed by atoms with Gasteiger partial charge in [0, 0.05) is 0 Å². The van der Waals surface area contributed by atoms with Crippen LogP contribution in [0.2, 0.25) is 0 Å². The van der Waals surface area contributed by atoms with Gasteiger partial charge in [-0.2, -0.15) is 0 Å². The van der Waals surface area contributed by atoms with Crippen LogP contribution >= 0.6 is 0 Å². The molecule has 0 amide bonds. The van der Waals surface area contributed by atoms with Crippen LogP contribution in [0.4, 0.5) is 0 Å². The summed E-state index contributed by atoms with van der Waals surface area (Å²) < 4.78 is 0. The monoisotopic (exact) mass is 1550 g/mol. The third kappa shape index (κ3) is -0.500. The van der Waals surface area contributed by atoms with E-state index in [1.54, 1.807) is 0 Å². The van der Waals surface area contributed by atoms with Crippen molar-refractivity contribution in [3.8, 4) is 0 Å². The van der Waals surface area contributed by atoms with Crippen LogP contribution in [0, 0.1) is 0 Å². The Balaban J connectivity index is 0. The minimum absolute atomic E-state index is 0. The summed E-state index contributed by atoms with van der Waals surface area (Å²) in [6, 6.07) is 0. The van der Waals surface area contributed by atoms with E-state index >= 15 is 0 Å². The van der Waals surface area contributed by atoms with Crippen LogP contribution in [0.3, 0.4) is 0 Å². The molecule has 0 rings (SSSR count). The van der Waals surface area contributed by atoms with E-state index in [4.69, 9.17) is 0 Å². The summed E-state index contributed by atoms with van der Waals surface area (Å²) in [4.78, 5) is 0. The second kappa shape index (κ2) is -0.111. The van der Waals surface area contributed by atoms with Gasteiger partial charge in [0.1, 0.15) is 0 Å². The molecule has 0 aromatic rings. The van der Waals surface area contributed by atoms with E-state index in [1.165, 1.54) is 0 Å². The standard InChI is InChI=1S/6No. The van der Waals surface area contributed by atoms with Crippen LogP contribution in [0.15, 0.2) is 0 Å². The molecule has 0 N–H and O–H groups in total. The zero-order valence-corrected chi connectivity index (χ0v) is 15.0. The molecular weight excluding hydrogens is 1550 g/mol. The van der Waals surface area contributed by atoms with Crippen LogP contribution < -0.4 is 0 Å². The maximum absolute atomic E-state index is 0. The average molecular weight is 1550 g/mol. The van der Waals surface area contributed by atoms with Crippen LogP contribution in [0.25, 0.3) is 0 Å². The van der Waals surface area contributed by atoms with Gasteiger partial charge in [0.15, 0.2) is 0 Å². The summed E-state index contributed by atoms with van der Waals surface area (Å²) in [6.07, 6.45) is 0. The predicted octanol–water partition coefficient (Wildman–Crippen LogP) is 0. The topological polar surface area (TPSA) is 0 Å². The Morgan fingerprint density at radius 2 is 0.167 bits per heavy atom. The minimum Gasteiger partial charge on any atom is 0 e. The Hall–Kier alpha value is -6.00. The van der Waals surface area contributed by atoms with Crippen molar-refractivity contribution in [2.24, 2.45) is 0 Å². The molecule has 0 saturated carbocycles. The Bertz CT molecular complexity index is 0. The van der Waals surface area contributed by atoms with Gasteiger partial charge < -0.3 is 0 Å². The van der Waals surface area contributed by atoms with E-state index in [0.717, 1.165) is 0 Å². The first-order valence-electron chi connectivity index (χ1n) is 0. The van der Waals surface area contributed by atoms with Crippen LogP contribution in [0.5, 0.6) is 0 Å². The fraction of sp³-hybridized carbons (Fsp3) is 0. The molecule has 0 saturated heterocycles. The van der Waals surface area contributed by atoms with Crippen LogP contribution in [0.1, 0.15) is 0 Å². The second-order valence-electron chi connectivity index (χ2n) is 0. The van der Waals surface area contributed by atoms with Crippen molar-refractivity contribution in [3.63, 3.8) is 0 Å². The third-order valence-electron chi connectivity index (χ3n) is 0. The summed E-state index contributed by atoms with van der Waals surface area (Å²) in [5.41, 5.74) is 0. The van der Waals surface area contributed by atoms with Crippen molar-refractivity contribution in [1.29, 1.82) is 0 Å². The van der Waals surface area contributed by atoms with E-state index < -0.39 is 0 Å². The van der Waals surface area contributed by atoms with E-state index in [1.807, 2.05) is 0 Å². The first kappa shape index (κ1) is 0. The molecular formula is No6. The first-order chi connectivity index (χ1) is 0. The maximum atomic E-state index is 0. The van der Waals surface area contributed by atoms with Gasteiger partial charge >= 0.3 is 0 Å². The first-order valence-corrected chi connectivity index (χ1v) is 0. The number of rotatable bonds is 0. The van der Waals surface area contributed by atoms with Crippen molar-refractivity contribution in [2.45, 2.75) is 0 Å². The molecule has 84 valence electrons. The average Bonchev–Trinajstić information content (AvgIpc) is 0. The molecule has 0 heterocycles. The molecule has 0 atom stereocenters. The van der Waals surface area contributed by atoms with E-state index in [-0.39, 0.29) is 0 Å². The van der Waals surface area contributed by atoms with Gasteiger partial charge in [-0.1, -0.05) is 0 Å². The molecule has 0 aliphatic rings. The molecule has 0 spiro atoms. The fourth-order valence-corrected chi connectivity index (χ4v) is 0. The van der Waals surface area contributed by atoms with Gasteiger partial charge in [0.05, 0.1) is 0 Å². The van der Waals surface area contributed by atoms with Gasteiger partial charge in [-0.3, -0.25) is 0 Å². The maximum Gasteiger partial charge on any atom is 0 e. The molecule has 0 aliphatic heterocycles. The van der Waals surface area contributed by atoms with Gasteiger partial charge in [-0.05, 0) is 0 Å². The quantitative estimate of drug-likeness (QED) is 0.321. The zero-order chi connectivity index (χ0) is 0. The van der Waals surface area contributed by atoms with Gasteiger partial charge in [-0.25, -0.2) is 0 Å². The molecule has 0 aromatic heterocycles. The SMILES string of the molecule is [No].[No].[No].[No].[No].[No]. The summed E-state index contributed by atoms with van der Waals surface area (Å²) in [5, 5.41) is 0. The van der Waals surface area contributed by atoms with Gasteiger partial charge in [0.2, 0.25) is 0 Å². The Labute approximate surface area is 0 Å². The normalized spacial score (nSPS) is 0. The molecule has 0 radical (unpaired) electrons. The van der Waals surface area contributed by atoms with Crippen LogP contribution in [-0.2, 0) is 0 Å². The molecule has 6 heteroatoms. The molecule has 0 bridgehead atoms. The van der Waals surface area contributed by atoms with Crippen molar-refractivity contribution in [3.05, 3.63) is 0 Å². The fourth-order valence-electron chi connectivity index (χ4n) is 0. The Morgan fingerprint density at radius 1 is 0.167 bits per heavy atom. The Kier molecular flexibility index (Phi) is 0. The second-order valence-corrected chi connectivity index (χ2v) is 0. The summed E-state index contributed by atoms with van der Waals surface area (Å²) >= 11 is 0. The Morgan fingerprint density at radius 3 is 0.167 bits per heavy atom. The molecule has 0 fully saturated rings. The molecule has 0 aliphatic carbocycles. The summed E-state index contributed by atoms with van der Waals surface area (Å²) in [5.74, 6) is 0. The largest absolute Gasteiger partial charge is 0 e. The molecule has 6 heavy (non-hydrogen) atoms. The predicted molar refractivity (Wildman–Crippen MR) is 0 cm³/mol. The number of hydrogen-bond acceptors (Lipinski definition) is 0. The van der Waals surface area contributed by atoms with Gasteiger partial charge in [-0.15, -0.1) is 0 Å². The van der Waals surface area contributed by atoms with Crippen molar-refractivity contribution in [2.75, 3.05) is 0 Å². The summed E-state index contributed by atoms with van der Waals surface area (Å²) in [6.45, 7) is 0.